The monoisotopic (exact) mass is 1660 g/mol. The van der Waals surface area contributed by atoms with E-state index in [-0.39, 0.29) is 11.9 Å². The normalized spacial score (nSPS) is 12.3. The van der Waals surface area contributed by atoms with E-state index >= 15 is 9.59 Å². The minimum absolute atomic E-state index is 0.354. The van der Waals surface area contributed by atoms with Crippen molar-refractivity contribution >= 4 is 100 Å². The number of benzene rings is 3. The lowest BCUT2D eigenvalue weighted by molar-refractivity contribution is 0.0488. The van der Waals surface area contributed by atoms with Gasteiger partial charge in [-0.2, -0.15) is 0 Å². The summed E-state index contributed by atoms with van der Waals surface area (Å²) < 4.78 is 14.6. The molecule has 0 saturated heterocycles. The molecule has 6 aromatic heterocycles. The van der Waals surface area contributed by atoms with E-state index in [1.54, 1.807) is 0 Å². The number of hydrogen-bond acceptors (Lipinski definition) is 12. The third-order valence-corrected chi connectivity index (χ3v) is 30.9. The van der Waals surface area contributed by atoms with E-state index in [1.807, 2.05) is 45.3 Å². The van der Waals surface area contributed by atoms with Crippen LogP contribution in [0.5, 0.6) is 0 Å². The Balaban J connectivity index is 1.18. The number of ether oxygens (including phenoxy) is 2. The highest BCUT2D eigenvalue weighted by Gasteiger charge is 2.32. The Morgan fingerprint density at radius 2 is 0.579 bits per heavy atom. The van der Waals surface area contributed by atoms with Crippen LogP contribution in [0.3, 0.4) is 0 Å². The molecule has 0 aliphatic heterocycles. The molecular formula is C102H148N2O4S6. The Bertz CT molecular complexity index is 3940. The van der Waals surface area contributed by atoms with Crippen molar-refractivity contribution in [2.75, 3.05) is 13.2 Å². The van der Waals surface area contributed by atoms with Gasteiger partial charge >= 0.3 is 11.9 Å². The average molecular weight is 1660 g/mol. The summed E-state index contributed by atoms with van der Waals surface area (Å²) in [7, 11) is 0. The van der Waals surface area contributed by atoms with Gasteiger partial charge in [-0.25, -0.2) is 19.6 Å². The third-order valence-electron chi connectivity index (χ3n) is 23.8. The van der Waals surface area contributed by atoms with Crippen LogP contribution in [0.1, 0.15) is 406 Å². The number of carbonyl (C=O) groups is 2. The molecule has 626 valence electrons. The second kappa shape index (κ2) is 55.8. The standard InChI is InChI=1S/C102H148N2O4S6/c1-7-13-19-25-31-35-37-41-47-59-73-107-101(105)99-103-93-91(89-77-83(95(111-89)82-67-57-50-58-68-82)75-79(61-51-43-29-23-17-11-5)62-53-45-39-33-27-21-15-9-3)97-94(104-100(113-97)102(106)108-74-60-48-42-38-36-32-26-20-14-8-2)92(98(93)114-99)90-78-84(76-80(63-52-44-30-24-18-12-6)64-54-46-40-34-28-22-16-10-4)96(112-90)88-72-71-87(110-88)86-70-69-85(109-86)81-65-55-49-56-66-81/h49-50,55-58,65-72,77-80H,7-48,51-54,59-64,73-76H2,1-6H3. The van der Waals surface area contributed by atoms with Crippen LogP contribution in [0.25, 0.3) is 81.7 Å². The Hall–Kier alpha value is -4.82. The molecule has 12 heteroatoms. The maximum atomic E-state index is 15.1. The van der Waals surface area contributed by atoms with E-state index in [0.717, 1.165) is 92.7 Å². The number of fused-ring (bicyclic) bond motifs is 2. The lowest BCUT2D eigenvalue weighted by Gasteiger charge is -2.18. The molecule has 9 rings (SSSR count). The van der Waals surface area contributed by atoms with Gasteiger partial charge in [0.1, 0.15) is 0 Å². The third kappa shape index (κ3) is 31.7. The van der Waals surface area contributed by atoms with E-state index in [0.29, 0.717) is 35.1 Å². The molecule has 0 N–H and O–H groups in total. The van der Waals surface area contributed by atoms with E-state index in [2.05, 4.69) is 139 Å². The molecule has 0 aliphatic rings. The van der Waals surface area contributed by atoms with E-state index in [9.17, 15) is 0 Å². The number of carbonyl (C=O) groups excluding carboxylic acids is 2. The van der Waals surface area contributed by atoms with E-state index in [1.165, 1.54) is 370 Å². The maximum absolute atomic E-state index is 15.1. The summed E-state index contributed by atoms with van der Waals surface area (Å²) >= 11 is 10.5. The van der Waals surface area contributed by atoms with Crippen molar-refractivity contribution in [3.8, 4) is 61.3 Å². The predicted molar refractivity (Wildman–Crippen MR) is 506 cm³/mol. The van der Waals surface area contributed by atoms with Crippen LogP contribution in [0.4, 0.5) is 0 Å². The quantitative estimate of drug-likeness (QED) is 0.0279. The minimum Gasteiger partial charge on any atom is -0.460 e. The molecule has 0 saturated carbocycles. The first-order valence-corrected chi connectivity index (χ1v) is 51.8. The zero-order valence-electron chi connectivity index (χ0n) is 72.0. The van der Waals surface area contributed by atoms with Gasteiger partial charge in [-0.05, 0) is 96.2 Å². The van der Waals surface area contributed by atoms with Crippen molar-refractivity contribution < 1.29 is 19.1 Å². The number of thiophene rings is 4. The van der Waals surface area contributed by atoms with Gasteiger partial charge in [0, 0.05) is 50.1 Å². The zero-order chi connectivity index (χ0) is 79.8. The van der Waals surface area contributed by atoms with E-state index < -0.39 is 0 Å². The van der Waals surface area contributed by atoms with E-state index in [4.69, 9.17) is 19.4 Å². The van der Waals surface area contributed by atoms with Crippen molar-refractivity contribution in [3.63, 3.8) is 0 Å². The highest BCUT2D eigenvalue weighted by Crippen LogP contribution is 2.54. The summed E-state index contributed by atoms with van der Waals surface area (Å²) in [4.78, 5) is 51.4. The van der Waals surface area contributed by atoms with Gasteiger partial charge in [0.25, 0.3) is 0 Å². The number of rotatable bonds is 66. The highest BCUT2D eigenvalue weighted by atomic mass is 32.1. The summed E-state index contributed by atoms with van der Waals surface area (Å²) in [5, 5.41) is 0.765. The molecular weight excluding hydrogens is 1510 g/mol. The molecule has 9 aromatic rings. The molecule has 114 heavy (non-hydrogen) atoms. The van der Waals surface area contributed by atoms with Crippen molar-refractivity contribution in [2.45, 2.75) is 388 Å². The summed E-state index contributed by atoms with van der Waals surface area (Å²) in [6.45, 7) is 14.6. The van der Waals surface area contributed by atoms with Gasteiger partial charge in [-0.15, -0.1) is 68.0 Å². The molecule has 0 radical (unpaired) electrons. The first kappa shape index (κ1) is 93.1. The molecule has 6 nitrogen and oxygen atoms in total. The molecule has 3 aromatic carbocycles. The molecule has 2 unspecified atom stereocenters. The summed E-state index contributed by atoms with van der Waals surface area (Å²) in [6.07, 6.45) is 67.9. The SMILES string of the molecule is CCCCCCCCCCCCOC(=O)c1nc2c(-c3cc(CC(CCCCCCCC)CCCCCCCCCC)c(-c4ccc(-c5ccc(-c6ccccc6)s5)s4)s3)c3sc(C(=O)OCCCCCCCCCCCC)nc3c(-c3cc(CC(CCCCCCCC)CCCCCCCCCC)c(-c4ccccc4)s3)c2s1. The Kier molecular flexibility index (Phi) is 45.6. The minimum atomic E-state index is -0.354. The Labute approximate surface area is 716 Å². The first-order chi connectivity index (χ1) is 56.2. The zero-order valence-corrected chi connectivity index (χ0v) is 76.9. The van der Waals surface area contributed by atoms with Crippen LogP contribution in [0.15, 0.2) is 97.1 Å². The lowest BCUT2D eigenvalue weighted by atomic mass is 9.88. The number of thiazole rings is 2. The summed E-state index contributed by atoms with van der Waals surface area (Å²) in [6, 6.07) is 36.4. The van der Waals surface area contributed by atoms with Gasteiger partial charge in [0.2, 0.25) is 10.0 Å². The van der Waals surface area contributed by atoms with Crippen LogP contribution in [0, 0.1) is 11.8 Å². The summed E-state index contributed by atoms with van der Waals surface area (Å²) in [5.74, 6) is 0.393. The van der Waals surface area contributed by atoms with Gasteiger partial charge in [0.15, 0.2) is 0 Å². The van der Waals surface area contributed by atoms with Crippen LogP contribution in [0.2, 0.25) is 0 Å². The van der Waals surface area contributed by atoms with Gasteiger partial charge in [0.05, 0.1) is 33.6 Å². The van der Waals surface area contributed by atoms with Crippen molar-refractivity contribution in [2.24, 2.45) is 11.8 Å². The Morgan fingerprint density at radius 3 is 0.939 bits per heavy atom. The topological polar surface area (TPSA) is 78.4 Å². The largest absolute Gasteiger partial charge is 0.460 e. The Morgan fingerprint density at radius 1 is 0.289 bits per heavy atom. The molecule has 0 bridgehead atoms. The number of aromatic nitrogens is 2. The van der Waals surface area contributed by atoms with Crippen molar-refractivity contribution in [3.05, 3.63) is 118 Å². The van der Waals surface area contributed by atoms with Gasteiger partial charge < -0.3 is 9.47 Å². The first-order valence-electron chi connectivity index (χ1n) is 46.9. The van der Waals surface area contributed by atoms with Crippen LogP contribution in [-0.2, 0) is 22.3 Å². The van der Waals surface area contributed by atoms with Crippen LogP contribution < -0.4 is 0 Å². The second-order valence-corrected chi connectivity index (χ2v) is 39.8. The lowest BCUT2D eigenvalue weighted by Crippen LogP contribution is -2.06. The smallest absolute Gasteiger partial charge is 0.367 e. The molecule has 0 spiro atoms. The number of hydrogen-bond donors (Lipinski definition) is 0. The van der Waals surface area contributed by atoms with Crippen molar-refractivity contribution in [1.82, 2.24) is 9.97 Å². The molecule has 6 heterocycles. The molecule has 0 aliphatic carbocycles. The molecule has 0 fully saturated rings. The van der Waals surface area contributed by atoms with Crippen LogP contribution in [-0.4, -0.2) is 35.1 Å². The fourth-order valence-corrected chi connectivity index (χ4v) is 23.9. The second-order valence-electron chi connectivity index (χ2n) is 33.5. The van der Waals surface area contributed by atoms with Crippen molar-refractivity contribution in [1.29, 1.82) is 0 Å². The molecule has 0 amide bonds. The highest BCUT2D eigenvalue weighted by molar-refractivity contribution is 7.29. The van der Waals surface area contributed by atoms with Crippen LogP contribution >= 0.6 is 68.0 Å². The number of esters is 2. The number of nitrogens with zero attached hydrogens (tertiary/aromatic N) is 2. The van der Waals surface area contributed by atoms with Gasteiger partial charge in [-0.1, -0.05) is 423 Å². The fourth-order valence-electron chi connectivity index (χ4n) is 16.9. The summed E-state index contributed by atoms with van der Waals surface area (Å²) in [5.41, 5.74) is 8.81. The molecule has 2 atom stereocenters. The number of unbranched alkanes of at least 4 members (excludes halogenated alkanes) is 42. The maximum Gasteiger partial charge on any atom is 0.367 e. The fraction of sp³-hybridized carbons (Fsp3) is 0.627. The predicted octanol–water partition coefficient (Wildman–Crippen LogP) is 36.2. The average Bonchev–Trinajstić information content (AvgIpc) is 1.55. The van der Waals surface area contributed by atoms with Gasteiger partial charge in [-0.3, -0.25) is 0 Å².